The average Bonchev–Trinajstić information content (AvgIpc) is 2.67. The van der Waals surface area contributed by atoms with Gasteiger partial charge in [0.2, 0.25) is 0 Å². The van der Waals surface area contributed by atoms with Crippen LogP contribution in [0, 0.1) is 6.92 Å². The molecule has 0 spiro atoms. The van der Waals surface area contributed by atoms with Gasteiger partial charge in [0.05, 0.1) is 27.9 Å². The van der Waals surface area contributed by atoms with E-state index in [0.29, 0.717) is 6.54 Å². The topological polar surface area (TPSA) is 56.6 Å². The van der Waals surface area contributed by atoms with E-state index >= 15 is 0 Å². The molecule has 92 valence electrons. The van der Waals surface area contributed by atoms with Gasteiger partial charge in [-0.2, -0.15) is 0 Å². The average molecular weight is 252 g/mol. The second kappa shape index (κ2) is 5.00. The van der Waals surface area contributed by atoms with Gasteiger partial charge >= 0.3 is 0 Å². The molecule has 1 heterocycles. The quantitative estimate of drug-likeness (QED) is 0.863. The van der Waals surface area contributed by atoms with E-state index in [1.165, 1.54) is 4.70 Å². The second-order valence-corrected chi connectivity index (χ2v) is 5.34. The van der Waals surface area contributed by atoms with E-state index in [1.54, 1.807) is 11.3 Å². The third-order valence-electron chi connectivity index (χ3n) is 2.61. The molecule has 0 radical (unpaired) electrons. The first-order valence-electron chi connectivity index (χ1n) is 5.47. The number of likely N-dealkylation sites (N-methyl/N-ethyl adjacent to an activating group) is 1. The highest BCUT2D eigenvalue weighted by Crippen LogP contribution is 2.25. The molecule has 0 aliphatic rings. The molecule has 0 aliphatic carbocycles. The molecule has 5 heteroatoms. The van der Waals surface area contributed by atoms with Gasteiger partial charge in [-0.3, -0.25) is 0 Å². The molecule has 2 aromatic rings. The van der Waals surface area contributed by atoms with Crippen molar-refractivity contribution in [2.45, 2.75) is 13.0 Å². The lowest BCUT2D eigenvalue weighted by molar-refractivity contribution is 0.101. The summed E-state index contributed by atoms with van der Waals surface area (Å²) in [6.07, 6.45) is -0.715. The van der Waals surface area contributed by atoms with Crippen molar-refractivity contribution in [1.82, 2.24) is 4.98 Å². The molecule has 1 aromatic carbocycles. The van der Waals surface area contributed by atoms with Crippen molar-refractivity contribution in [2.75, 3.05) is 25.1 Å². The van der Waals surface area contributed by atoms with Crippen LogP contribution in [0.25, 0.3) is 10.2 Å². The lowest BCUT2D eigenvalue weighted by Crippen LogP contribution is -2.31. The van der Waals surface area contributed by atoms with Crippen molar-refractivity contribution in [3.63, 3.8) is 0 Å². The molecule has 0 fully saturated rings. The first-order chi connectivity index (χ1) is 8.10. The Morgan fingerprint density at radius 1 is 1.47 bits per heavy atom. The molecule has 0 saturated carbocycles. The van der Waals surface area contributed by atoms with E-state index in [4.69, 9.17) is 5.11 Å². The number of rotatable bonds is 4. The number of fused-ring (bicyclic) bond motifs is 1. The van der Waals surface area contributed by atoms with E-state index in [1.807, 2.05) is 37.1 Å². The summed E-state index contributed by atoms with van der Waals surface area (Å²) < 4.78 is 1.17. The Hall–Kier alpha value is -1.17. The molecule has 4 nitrogen and oxygen atoms in total. The number of thiazole rings is 1. The van der Waals surface area contributed by atoms with Gasteiger partial charge in [-0.25, -0.2) is 4.98 Å². The minimum absolute atomic E-state index is 0.220. The lowest BCUT2D eigenvalue weighted by atomic mass is 10.2. The minimum Gasteiger partial charge on any atom is -0.394 e. The fourth-order valence-corrected chi connectivity index (χ4v) is 2.56. The van der Waals surface area contributed by atoms with E-state index in [-0.39, 0.29) is 6.61 Å². The van der Waals surface area contributed by atoms with Crippen LogP contribution in [-0.2, 0) is 0 Å². The van der Waals surface area contributed by atoms with Crippen LogP contribution in [0.5, 0.6) is 0 Å². The van der Waals surface area contributed by atoms with Crippen molar-refractivity contribution in [3.05, 3.63) is 23.2 Å². The van der Waals surface area contributed by atoms with Crippen molar-refractivity contribution in [3.8, 4) is 0 Å². The van der Waals surface area contributed by atoms with E-state index < -0.39 is 6.10 Å². The van der Waals surface area contributed by atoms with Crippen LogP contribution in [0.2, 0.25) is 0 Å². The summed E-state index contributed by atoms with van der Waals surface area (Å²) in [7, 11) is 1.89. The van der Waals surface area contributed by atoms with E-state index in [0.717, 1.165) is 16.2 Å². The molecule has 0 bridgehead atoms. The number of hydrogen-bond donors (Lipinski definition) is 2. The first kappa shape index (κ1) is 12.3. The molecule has 1 aromatic heterocycles. The van der Waals surface area contributed by atoms with E-state index in [2.05, 4.69) is 4.98 Å². The van der Waals surface area contributed by atoms with Crippen LogP contribution < -0.4 is 4.90 Å². The Morgan fingerprint density at radius 2 is 2.24 bits per heavy atom. The van der Waals surface area contributed by atoms with Gasteiger partial charge in [0, 0.05) is 19.3 Å². The predicted molar refractivity (Wildman–Crippen MR) is 70.7 cm³/mol. The van der Waals surface area contributed by atoms with Crippen LogP contribution in [0.4, 0.5) is 5.69 Å². The first-order valence-corrected chi connectivity index (χ1v) is 6.29. The molecule has 0 amide bonds. The molecular formula is C12H16N2O2S. The highest BCUT2D eigenvalue weighted by atomic mass is 32.1. The molecule has 2 rings (SSSR count). The number of nitrogens with zero attached hydrogens (tertiary/aromatic N) is 2. The van der Waals surface area contributed by atoms with E-state index in [9.17, 15) is 5.11 Å². The van der Waals surface area contributed by atoms with Crippen molar-refractivity contribution >= 4 is 27.2 Å². The van der Waals surface area contributed by atoms with Gasteiger partial charge in [-0.05, 0) is 25.1 Å². The highest BCUT2D eigenvalue weighted by molar-refractivity contribution is 7.18. The van der Waals surface area contributed by atoms with Gasteiger partial charge in [0.15, 0.2) is 0 Å². The third kappa shape index (κ3) is 2.74. The van der Waals surface area contributed by atoms with Crippen molar-refractivity contribution in [1.29, 1.82) is 0 Å². The molecule has 0 saturated heterocycles. The molecular weight excluding hydrogens is 236 g/mol. The summed E-state index contributed by atoms with van der Waals surface area (Å²) in [6.45, 7) is 2.18. The Balaban J connectivity index is 2.23. The Kier molecular flexibility index (Phi) is 3.61. The van der Waals surface area contributed by atoms with Crippen LogP contribution >= 0.6 is 11.3 Å². The predicted octanol–water partition coefficient (Wildman–Crippen LogP) is 1.39. The second-order valence-electron chi connectivity index (χ2n) is 4.10. The zero-order chi connectivity index (χ0) is 12.4. The number of benzene rings is 1. The largest absolute Gasteiger partial charge is 0.394 e. The zero-order valence-corrected chi connectivity index (χ0v) is 10.7. The van der Waals surface area contributed by atoms with Gasteiger partial charge in [0.1, 0.15) is 0 Å². The normalized spacial score (nSPS) is 12.9. The van der Waals surface area contributed by atoms with Gasteiger partial charge in [-0.15, -0.1) is 11.3 Å². The molecule has 17 heavy (non-hydrogen) atoms. The Labute approximate surface area is 104 Å². The maximum atomic E-state index is 9.40. The van der Waals surface area contributed by atoms with Crippen LogP contribution in [0.1, 0.15) is 5.01 Å². The zero-order valence-electron chi connectivity index (χ0n) is 9.92. The van der Waals surface area contributed by atoms with Crippen molar-refractivity contribution < 1.29 is 10.2 Å². The maximum Gasteiger partial charge on any atom is 0.0945 e. The molecule has 2 N–H and O–H groups in total. The minimum atomic E-state index is -0.715. The van der Waals surface area contributed by atoms with Gasteiger partial charge in [0.25, 0.3) is 0 Å². The monoisotopic (exact) mass is 252 g/mol. The number of aliphatic hydroxyl groups is 2. The SMILES string of the molecule is Cc1nc2cc(N(C)CC(O)CO)ccc2s1. The number of aliphatic hydroxyl groups excluding tert-OH is 2. The van der Waals surface area contributed by atoms with Gasteiger partial charge in [-0.1, -0.05) is 0 Å². The van der Waals surface area contributed by atoms with Gasteiger partial charge < -0.3 is 15.1 Å². The molecule has 1 unspecified atom stereocenters. The Bertz CT molecular complexity index is 512. The number of aromatic nitrogens is 1. The molecule has 1 atom stereocenters. The standard InChI is InChI=1S/C12H16N2O2S/c1-8-13-11-5-9(3-4-12(11)17-8)14(2)6-10(16)7-15/h3-5,10,15-16H,6-7H2,1-2H3. The summed E-state index contributed by atoms with van der Waals surface area (Å²) in [5.41, 5.74) is 1.98. The highest BCUT2D eigenvalue weighted by Gasteiger charge is 2.09. The third-order valence-corrected chi connectivity index (χ3v) is 3.57. The van der Waals surface area contributed by atoms with Crippen LogP contribution in [-0.4, -0.2) is 41.5 Å². The van der Waals surface area contributed by atoms with Crippen molar-refractivity contribution in [2.24, 2.45) is 0 Å². The summed E-state index contributed by atoms with van der Waals surface area (Å²) >= 11 is 1.67. The maximum absolute atomic E-state index is 9.40. The number of anilines is 1. The Morgan fingerprint density at radius 3 is 2.94 bits per heavy atom. The summed E-state index contributed by atoms with van der Waals surface area (Å²) in [5, 5.41) is 19.3. The lowest BCUT2D eigenvalue weighted by Gasteiger charge is -2.21. The van der Waals surface area contributed by atoms with Crippen LogP contribution in [0.15, 0.2) is 18.2 Å². The number of hydrogen-bond acceptors (Lipinski definition) is 5. The molecule has 0 aliphatic heterocycles. The smallest absolute Gasteiger partial charge is 0.0945 e. The summed E-state index contributed by atoms with van der Waals surface area (Å²) in [4.78, 5) is 6.35. The fourth-order valence-electron chi connectivity index (χ4n) is 1.75. The summed E-state index contributed by atoms with van der Waals surface area (Å²) in [5.74, 6) is 0. The fraction of sp³-hybridized carbons (Fsp3) is 0.417. The number of aryl methyl sites for hydroxylation is 1. The summed E-state index contributed by atoms with van der Waals surface area (Å²) in [6, 6.07) is 6.05. The van der Waals surface area contributed by atoms with Crippen LogP contribution in [0.3, 0.4) is 0 Å².